The van der Waals surface area contributed by atoms with E-state index in [0.717, 1.165) is 23.1 Å². The third-order valence-corrected chi connectivity index (χ3v) is 3.37. The van der Waals surface area contributed by atoms with Gasteiger partial charge in [0.05, 0.1) is 5.52 Å². The molecule has 0 saturated carbocycles. The number of carbonyl (C=O) groups excluding carboxylic acids is 1. The van der Waals surface area contributed by atoms with Gasteiger partial charge in [-0.3, -0.25) is 4.79 Å². The van der Waals surface area contributed by atoms with Gasteiger partial charge in [0, 0.05) is 18.7 Å². The molecule has 5 nitrogen and oxygen atoms in total. The zero-order valence-corrected chi connectivity index (χ0v) is 11.8. The van der Waals surface area contributed by atoms with Gasteiger partial charge >= 0.3 is 0 Å². The van der Waals surface area contributed by atoms with Crippen molar-refractivity contribution in [3.8, 4) is 0 Å². The van der Waals surface area contributed by atoms with Crippen LogP contribution in [-0.2, 0) is 13.1 Å². The lowest BCUT2D eigenvalue weighted by Gasteiger charge is -2.05. The molecule has 0 radical (unpaired) electrons. The number of nitrogens with one attached hydrogen (secondary N) is 1. The van der Waals surface area contributed by atoms with Gasteiger partial charge < -0.3 is 5.32 Å². The molecule has 0 bridgehead atoms. The molecule has 5 heteroatoms. The summed E-state index contributed by atoms with van der Waals surface area (Å²) in [4.78, 5) is 12.2. The molecular formula is C16H16N4O. The Labute approximate surface area is 122 Å². The molecule has 3 rings (SSSR count). The quantitative estimate of drug-likeness (QED) is 0.798. The number of fused-ring (bicyclic) bond motifs is 1. The predicted octanol–water partition coefficient (Wildman–Crippen LogP) is 2.38. The number of benzene rings is 2. The minimum absolute atomic E-state index is 0.105. The van der Waals surface area contributed by atoms with Crippen molar-refractivity contribution in [2.75, 3.05) is 0 Å². The van der Waals surface area contributed by atoms with Gasteiger partial charge in [-0.2, -0.15) is 0 Å². The highest BCUT2D eigenvalue weighted by Gasteiger charge is 2.09. The number of nitrogens with zero attached hydrogens (tertiary/aromatic N) is 3. The highest BCUT2D eigenvalue weighted by Crippen LogP contribution is 2.13. The third kappa shape index (κ3) is 2.76. The summed E-state index contributed by atoms with van der Waals surface area (Å²) in [6.45, 7) is 3.28. The number of hydrogen-bond donors (Lipinski definition) is 1. The standard InChI is InChI=1S/C16H16N4O/c1-2-20-15-9-8-13(10-14(15)18-19-20)16(21)17-11-12-6-4-3-5-7-12/h3-10H,2,11H2,1H3,(H,17,21). The van der Waals surface area contributed by atoms with Gasteiger partial charge in [0.25, 0.3) is 5.91 Å². The van der Waals surface area contributed by atoms with E-state index in [0.29, 0.717) is 12.1 Å². The zero-order valence-electron chi connectivity index (χ0n) is 11.8. The lowest BCUT2D eigenvalue weighted by molar-refractivity contribution is 0.0951. The second-order valence-corrected chi connectivity index (χ2v) is 4.78. The second-order valence-electron chi connectivity index (χ2n) is 4.78. The molecule has 0 aliphatic heterocycles. The van der Waals surface area contributed by atoms with E-state index in [-0.39, 0.29) is 5.91 Å². The monoisotopic (exact) mass is 280 g/mol. The molecule has 1 amide bonds. The van der Waals surface area contributed by atoms with E-state index >= 15 is 0 Å². The Kier molecular flexibility index (Phi) is 3.64. The van der Waals surface area contributed by atoms with Crippen LogP contribution in [0, 0.1) is 0 Å². The van der Waals surface area contributed by atoms with Gasteiger partial charge in [-0.25, -0.2) is 4.68 Å². The Morgan fingerprint density at radius 1 is 1.19 bits per heavy atom. The van der Waals surface area contributed by atoms with Crippen LogP contribution in [0.25, 0.3) is 11.0 Å². The van der Waals surface area contributed by atoms with Crippen LogP contribution in [0.15, 0.2) is 48.5 Å². The molecule has 0 atom stereocenters. The fraction of sp³-hybridized carbons (Fsp3) is 0.188. The van der Waals surface area contributed by atoms with Crippen molar-refractivity contribution in [1.82, 2.24) is 20.3 Å². The third-order valence-electron chi connectivity index (χ3n) is 3.37. The van der Waals surface area contributed by atoms with E-state index in [1.165, 1.54) is 0 Å². The van der Waals surface area contributed by atoms with Gasteiger partial charge in [-0.15, -0.1) is 5.10 Å². The summed E-state index contributed by atoms with van der Waals surface area (Å²) in [5.74, 6) is -0.105. The van der Waals surface area contributed by atoms with Crippen molar-refractivity contribution in [3.05, 3.63) is 59.7 Å². The molecule has 1 aromatic heterocycles. The summed E-state index contributed by atoms with van der Waals surface area (Å²) in [6, 6.07) is 15.3. The second kappa shape index (κ2) is 5.75. The number of carbonyl (C=O) groups is 1. The maximum absolute atomic E-state index is 12.2. The van der Waals surface area contributed by atoms with Crippen LogP contribution < -0.4 is 5.32 Å². The van der Waals surface area contributed by atoms with Crippen LogP contribution in [0.4, 0.5) is 0 Å². The normalized spacial score (nSPS) is 10.7. The Morgan fingerprint density at radius 2 is 2.00 bits per heavy atom. The minimum Gasteiger partial charge on any atom is -0.348 e. The molecule has 21 heavy (non-hydrogen) atoms. The Bertz CT molecular complexity index is 764. The van der Waals surface area contributed by atoms with Crippen LogP contribution in [0.2, 0.25) is 0 Å². The van der Waals surface area contributed by atoms with E-state index in [1.807, 2.05) is 43.3 Å². The van der Waals surface area contributed by atoms with Gasteiger partial charge in [-0.05, 0) is 30.7 Å². The summed E-state index contributed by atoms with van der Waals surface area (Å²) in [7, 11) is 0. The summed E-state index contributed by atoms with van der Waals surface area (Å²) in [5, 5.41) is 11.0. The van der Waals surface area contributed by atoms with Crippen molar-refractivity contribution in [2.45, 2.75) is 20.0 Å². The van der Waals surface area contributed by atoms with E-state index in [9.17, 15) is 4.79 Å². The number of amides is 1. The fourth-order valence-corrected chi connectivity index (χ4v) is 2.23. The molecular weight excluding hydrogens is 264 g/mol. The number of rotatable bonds is 4. The molecule has 106 valence electrons. The lowest BCUT2D eigenvalue weighted by atomic mass is 10.1. The summed E-state index contributed by atoms with van der Waals surface area (Å²) in [5.41, 5.74) is 3.35. The molecule has 3 aromatic rings. The van der Waals surface area contributed by atoms with Crippen molar-refractivity contribution in [1.29, 1.82) is 0 Å². The number of hydrogen-bond acceptors (Lipinski definition) is 3. The SMILES string of the molecule is CCn1nnc2cc(C(=O)NCc3ccccc3)ccc21. The highest BCUT2D eigenvalue weighted by molar-refractivity contribution is 5.97. The van der Waals surface area contributed by atoms with Crippen LogP contribution in [0.5, 0.6) is 0 Å². The summed E-state index contributed by atoms with van der Waals surface area (Å²) >= 11 is 0. The number of aromatic nitrogens is 3. The molecule has 1 N–H and O–H groups in total. The van der Waals surface area contributed by atoms with Crippen LogP contribution in [0.1, 0.15) is 22.8 Å². The van der Waals surface area contributed by atoms with Gasteiger partial charge in [-0.1, -0.05) is 35.5 Å². The topological polar surface area (TPSA) is 59.8 Å². The van der Waals surface area contributed by atoms with Crippen molar-refractivity contribution >= 4 is 16.9 Å². The fourth-order valence-electron chi connectivity index (χ4n) is 2.23. The van der Waals surface area contributed by atoms with Crippen LogP contribution >= 0.6 is 0 Å². The summed E-state index contributed by atoms with van der Waals surface area (Å²) < 4.78 is 1.81. The molecule has 0 aliphatic rings. The largest absolute Gasteiger partial charge is 0.348 e. The van der Waals surface area contributed by atoms with Crippen LogP contribution in [0.3, 0.4) is 0 Å². The first-order chi connectivity index (χ1) is 10.3. The van der Waals surface area contributed by atoms with Crippen molar-refractivity contribution in [3.63, 3.8) is 0 Å². The van der Waals surface area contributed by atoms with E-state index in [4.69, 9.17) is 0 Å². The first kappa shape index (κ1) is 13.3. The Morgan fingerprint density at radius 3 is 2.76 bits per heavy atom. The first-order valence-electron chi connectivity index (χ1n) is 6.93. The first-order valence-corrected chi connectivity index (χ1v) is 6.93. The zero-order chi connectivity index (χ0) is 14.7. The predicted molar refractivity (Wildman–Crippen MR) is 80.8 cm³/mol. The van der Waals surface area contributed by atoms with Crippen molar-refractivity contribution in [2.24, 2.45) is 0 Å². The van der Waals surface area contributed by atoms with E-state index < -0.39 is 0 Å². The molecule has 0 aliphatic carbocycles. The lowest BCUT2D eigenvalue weighted by Crippen LogP contribution is -2.22. The van der Waals surface area contributed by atoms with Gasteiger partial charge in [0.15, 0.2) is 0 Å². The molecule has 0 spiro atoms. The minimum atomic E-state index is -0.105. The molecule has 0 saturated heterocycles. The van der Waals surface area contributed by atoms with Crippen LogP contribution in [-0.4, -0.2) is 20.9 Å². The average molecular weight is 280 g/mol. The van der Waals surface area contributed by atoms with Gasteiger partial charge in [0.2, 0.25) is 0 Å². The molecule has 0 unspecified atom stereocenters. The molecule has 0 fully saturated rings. The Balaban J connectivity index is 1.75. The number of aryl methyl sites for hydroxylation is 1. The highest BCUT2D eigenvalue weighted by atomic mass is 16.1. The van der Waals surface area contributed by atoms with E-state index in [2.05, 4.69) is 15.6 Å². The maximum Gasteiger partial charge on any atom is 0.251 e. The van der Waals surface area contributed by atoms with Gasteiger partial charge in [0.1, 0.15) is 5.52 Å². The van der Waals surface area contributed by atoms with Crippen molar-refractivity contribution < 1.29 is 4.79 Å². The maximum atomic E-state index is 12.2. The van der Waals surface area contributed by atoms with E-state index in [1.54, 1.807) is 16.8 Å². The summed E-state index contributed by atoms with van der Waals surface area (Å²) in [6.07, 6.45) is 0. The Hall–Kier alpha value is -2.69. The molecule has 1 heterocycles. The molecule has 2 aromatic carbocycles. The average Bonchev–Trinajstić information content (AvgIpc) is 2.95. The smallest absolute Gasteiger partial charge is 0.251 e.